The predicted octanol–water partition coefficient (Wildman–Crippen LogP) is 4.31. The van der Waals surface area contributed by atoms with Crippen LogP contribution in [0.15, 0.2) is 73.1 Å². The van der Waals surface area contributed by atoms with E-state index >= 15 is 0 Å². The fourth-order valence-electron chi connectivity index (χ4n) is 3.47. The summed E-state index contributed by atoms with van der Waals surface area (Å²) in [5, 5.41) is 10.5. The van der Waals surface area contributed by atoms with Gasteiger partial charge < -0.3 is 24.7 Å². The first-order valence-corrected chi connectivity index (χ1v) is 10.1. The minimum absolute atomic E-state index is 0.305. The highest BCUT2D eigenvalue weighted by Gasteiger charge is 2.18. The standard InChI is InChI=1S/C24H25N5O3/c1-17-22(16-25-24(30)26-18-13-20(31-2)15-21(14-18)32-3)23(28-11-7-8-12-28)29(27-17)19-9-5-4-6-10-19/h4-15H,16H2,1-3H3,(H2,25,26,30). The number of rotatable bonds is 7. The number of urea groups is 1. The minimum atomic E-state index is -0.342. The van der Waals surface area contributed by atoms with Gasteiger partial charge in [-0.05, 0) is 31.2 Å². The van der Waals surface area contributed by atoms with Crippen LogP contribution < -0.4 is 20.1 Å². The molecule has 0 atom stereocenters. The van der Waals surface area contributed by atoms with Crippen LogP contribution in [0.25, 0.3) is 11.5 Å². The third-order valence-corrected chi connectivity index (χ3v) is 5.04. The van der Waals surface area contributed by atoms with Gasteiger partial charge in [0.2, 0.25) is 0 Å². The molecular formula is C24H25N5O3. The van der Waals surface area contributed by atoms with Crippen molar-refractivity contribution in [3.05, 3.63) is 84.3 Å². The van der Waals surface area contributed by atoms with Crippen molar-refractivity contribution in [1.29, 1.82) is 0 Å². The van der Waals surface area contributed by atoms with Gasteiger partial charge in [-0.2, -0.15) is 5.10 Å². The van der Waals surface area contributed by atoms with Gasteiger partial charge in [0.25, 0.3) is 0 Å². The Morgan fingerprint density at radius 1 is 0.969 bits per heavy atom. The first-order valence-electron chi connectivity index (χ1n) is 10.1. The normalized spacial score (nSPS) is 10.6. The molecule has 4 aromatic rings. The van der Waals surface area contributed by atoms with Crippen LogP contribution in [0, 0.1) is 6.92 Å². The smallest absolute Gasteiger partial charge is 0.319 e. The maximum Gasteiger partial charge on any atom is 0.319 e. The van der Waals surface area contributed by atoms with E-state index in [0.717, 1.165) is 22.8 Å². The van der Waals surface area contributed by atoms with Crippen molar-refractivity contribution in [2.45, 2.75) is 13.5 Å². The summed E-state index contributed by atoms with van der Waals surface area (Å²) in [6.07, 6.45) is 3.92. The lowest BCUT2D eigenvalue weighted by atomic mass is 10.2. The van der Waals surface area contributed by atoms with E-state index in [1.807, 2.05) is 71.0 Å². The Balaban J connectivity index is 1.57. The molecule has 0 aliphatic rings. The Labute approximate surface area is 186 Å². The third kappa shape index (κ3) is 4.44. The number of hydrogen-bond donors (Lipinski definition) is 2. The lowest BCUT2D eigenvalue weighted by Crippen LogP contribution is -2.28. The summed E-state index contributed by atoms with van der Waals surface area (Å²) in [4.78, 5) is 12.6. The number of aryl methyl sites for hydroxylation is 1. The predicted molar refractivity (Wildman–Crippen MR) is 123 cm³/mol. The SMILES string of the molecule is COc1cc(NC(=O)NCc2c(C)nn(-c3ccccc3)c2-n2cccc2)cc(OC)c1. The first kappa shape index (κ1) is 21.0. The number of carbonyl (C=O) groups excluding carboxylic acids is 1. The monoisotopic (exact) mass is 431 g/mol. The number of benzene rings is 2. The number of nitrogens with zero attached hydrogens (tertiary/aromatic N) is 3. The fourth-order valence-corrected chi connectivity index (χ4v) is 3.47. The Bertz CT molecular complexity index is 1180. The molecular weight excluding hydrogens is 406 g/mol. The van der Waals surface area contributed by atoms with Gasteiger partial charge in [-0.25, -0.2) is 9.48 Å². The summed E-state index contributed by atoms with van der Waals surface area (Å²) in [7, 11) is 3.13. The molecule has 2 aromatic carbocycles. The molecule has 2 N–H and O–H groups in total. The molecule has 8 nitrogen and oxygen atoms in total. The van der Waals surface area contributed by atoms with Crippen LogP contribution in [0.5, 0.6) is 11.5 Å². The number of nitrogens with one attached hydrogen (secondary N) is 2. The number of amides is 2. The number of aromatic nitrogens is 3. The van der Waals surface area contributed by atoms with Gasteiger partial charge in [0.1, 0.15) is 17.3 Å². The van der Waals surface area contributed by atoms with Crippen LogP contribution >= 0.6 is 0 Å². The number of hydrogen-bond acceptors (Lipinski definition) is 4. The molecule has 0 unspecified atom stereocenters. The van der Waals surface area contributed by atoms with Crippen molar-refractivity contribution >= 4 is 11.7 Å². The zero-order valence-corrected chi connectivity index (χ0v) is 18.2. The van der Waals surface area contributed by atoms with Crippen molar-refractivity contribution in [1.82, 2.24) is 19.7 Å². The molecule has 0 saturated heterocycles. The van der Waals surface area contributed by atoms with E-state index in [-0.39, 0.29) is 6.03 Å². The van der Waals surface area contributed by atoms with Crippen LogP contribution in [0.3, 0.4) is 0 Å². The van der Waals surface area contributed by atoms with Crippen molar-refractivity contribution in [3.8, 4) is 23.0 Å². The summed E-state index contributed by atoms with van der Waals surface area (Å²) in [5.41, 5.74) is 3.27. The molecule has 0 fully saturated rings. The molecule has 0 spiro atoms. The lowest BCUT2D eigenvalue weighted by molar-refractivity contribution is 0.251. The fraction of sp³-hybridized carbons (Fsp3) is 0.167. The summed E-state index contributed by atoms with van der Waals surface area (Å²) in [6, 6.07) is 18.7. The molecule has 0 radical (unpaired) electrons. The van der Waals surface area contributed by atoms with E-state index < -0.39 is 0 Å². The van der Waals surface area contributed by atoms with Gasteiger partial charge in [0.15, 0.2) is 0 Å². The van der Waals surface area contributed by atoms with Gasteiger partial charge in [-0.3, -0.25) is 0 Å². The maximum atomic E-state index is 12.6. The Kier molecular flexibility index (Phi) is 6.12. The molecule has 32 heavy (non-hydrogen) atoms. The van der Waals surface area contributed by atoms with Gasteiger partial charge in [0.05, 0.1) is 32.1 Å². The number of anilines is 1. The highest BCUT2D eigenvalue weighted by molar-refractivity contribution is 5.89. The summed E-state index contributed by atoms with van der Waals surface area (Å²) in [5.74, 6) is 2.06. The van der Waals surface area contributed by atoms with Crippen LogP contribution in [-0.2, 0) is 6.54 Å². The van der Waals surface area contributed by atoms with Crippen molar-refractivity contribution in [3.63, 3.8) is 0 Å². The average Bonchev–Trinajstić information content (AvgIpc) is 3.45. The zero-order valence-electron chi connectivity index (χ0n) is 18.2. The molecule has 2 aromatic heterocycles. The Hall–Kier alpha value is -4.20. The van der Waals surface area contributed by atoms with Crippen molar-refractivity contribution in [2.75, 3.05) is 19.5 Å². The van der Waals surface area contributed by atoms with Crippen molar-refractivity contribution < 1.29 is 14.3 Å². The van der Waals surface area contributed by atoms with E-state index in [0.29, 0.717) is 23.7 Å². The minimum Gasteiger partial charge on any atom is -0.497 e. The Morgan fingerprint density at radius 2 is 1.62 bits per heavy atom. The topological polar surface area (TPSA) is 82.3 Å². The first-order chi connectivity index (χ1) is 15.6. The summed E-state index contributed by atoms with van der Waals surface area (Å²) >= 11 is 0. The number of methoxy groups -OCH3 is 2. The number of carbonyl (C=O) groups is 1. The van der Waals surface area contributed by atoms with Gasteiger partial charge in [0, 0.05) is 41.8 Å². The molecule has 164 valence electrons. The van der Waals surface area contributed by atoms with E-state index in [1.165, 1.54) is 0 Å². The van der Waals surface area contributed by atoms with Crippen LogP contribution in [0.4, 0.5) is 10.5 Å². The van der Waals surface area contributed by atoms with E-state index in [9.17, 15) is 4.79 Å². The van der Waals surface area contributed by atoms with E-state index in [4.69, 9.17) is 14.6 Å². The maximum absolute atomic E-state index is 12.6. The molecule has 2 amide bonds. The molecule has 2 heterocycles. The average molecular weight is 431 g/mol. The second-order valence-corrected chi connectivity index (χ2v) is 7.13. The molecule has 4 rings (SSSR count). The van der Waals surface area contributed by atoms with Crippen molar-refractivity contribution in [2.24, 2.45) is 0 Å². The second-order valence-electron chi connectivity index (χ2n) is 7.13. The largest absolute Gasteiger partial charge is 0.497 e. The highest BCUT2D eigenvalue weighted by Crippen LogP contribution is 2.26. The molecule has 0 aliphatic carbocycles. The van der Waals surface area contributed by atoms with Gasteiger partial charge in [-0.15, -0.1) is 0 Å². The molecule has 0 saturated carbocycles. The van der Waals surface area contributed by atoms with E-state index in [2.05, 4.69) is 10.6 Å². The molecule has 0 aliphatic heterocycles. The third-order valence-electron chi connectivity index (χ3n) is 5.04. The highest BCUT2D eigenvalue weighted by atomic mass is 16.5. The van der Waals surface area contributed by atoms with E-state index in [1.54, 1.807) is 32.4 Å². The quantitative estimate of drug-likeness (QED) is 0.457. The van der Waals surface area contributed by atoms with Crippen LogP contribution in [0.1, 0.15) is 11.3 Å². The second kappa shape index (κ2) is 9.30. The number of para-hydroxylation sites is 1. The Morgan fingerprint density at radius 3 is 2.25 bits per heavy atom. The van der Waals surface area contributed by atoms with Gasteiger partial charge in [-0.1, -0.05) is 18.2 Å². The number of ether oxygens (including phenoxy) is 2. The molecule has 8 heteroatoms. The summed E-state index contributed by atoms with van der Waals surface area (Å²) < 4.78 is 14.4. The van der Waals surface area contributed by atoms with Gasteiger partial charge >= 0.3 is 6.03 Å². The summed E-state index contributed by atoms with van der Waals surface area (Å²) in [6.45, 7) is 2.24. The molecule has 0 bridgehead atoms. The van der Waals surface area contributed by atoms with Crippen LogP contribution in [0.2, 0.25) is 0 Å². The van der Waals surface area contributed by atoms with Crippen LogP contribution in [-0.4, -0.2) is 34.6 Å². The lowest BCUT2D eigenvalue weighted by Gasteiger charge is -2.13. The zero-order chi connectivity index (χ0) is 22.5.